The summed E-state index contributed by atoms with van der Waals surface area (Å²) in [7, 11) is 0. The lowest BCUT2D eigenvalue weighted by Gasteiger charge is -2.12. The minimum Gasteiger partial charge on any atom is -0.506 e. The fourth-order valence-corrected chi connectivity index (χ4v) is 1.20. The Morgan fingerprint density at radius 3 is 2.50 bits per heavy atom. The van der Waals surface area contributed by atoms with E-state index in [2.05, 4.69) is 0 Å². The zero-order valence-electron chi connectivity index (χ0n) is 7.04. The number of phenolic OH excluding ortho intramolecular Hbond substituents is 2. The molecule has 78 valence electrons. The molecule has 0 bridgehead atoms. The number of aromatic hydroxyl groups is 2. The van der Waals surface area contributed by atoms with Gasteiger partial charge in [0.05, 0.1) is 12.6 Å². The average molecular weight is 222 g/mol. The van der Waals surface area contributed by atoms with Gasteiger partial charge in [-0.05, 0) is 6.07 Å². The van der Waals surface area contributed by atoms with Crippen LogP contribution >= 0.6 is 11.6 Å². The van der Waals surface area contributed by atoms with Crippen LogP contribution in [0.2, 0.25) is 5.02 Å². The highest BCUT2D eigenvalue weighted by Gasteiger charge is 2.19. The topological polar surface area (TPSA) is 86.7 Å². The van der Waals surface area contributed by atoms with Gasteiger partial charge in [0.15, 0.2) is 11.6 Å². The first-order chi connectivity index (χ1) is 6.49. The first kappa shape index (κ1) is 11.0. The first-order valence-electron chi connectivity index (χ1n) is 3.75. The third-order valence-electron chi connectivity index (χ3n) is 1.79. The molecule has 0 saturated carbocycles. The number of phenols is 2. The molecule has 1 atom stereocenters. The molecule has 1 unspecified atom stereocenters. The minimum absolute atomic E-state index is 0.0483. The van der Waals surface area contributed by atoms with E-state index in [4.69, 9.17) is 27.5 Å². The normalized spacial score (nSPS) is 12.9. The van der Waals surface area contributed by atoms with Crippen molar-refractivity contribution in [2.24, 2.45) is 5.73 Å². The van der Waals surface area contributed by atoms with Crippen molar-refractivity contribution in [3.63, 3.8) is 0 Å². The molecule has 1 aromatic rings. The van der Waals surface area contributed by atoms with Crippen LogP contribution in [0, 0.1) is 5.82 Å². The van der Waals surface area contributed by atoms with Gasteiger partial charge >= 0.3 is 0 Å². The second-order valence-corrected chi connectivity index (χ2v) is 3.13. The van der Waals surface area contributed by atoms with Gasteiger partial charge in [-0.15, -0.1) is 0 Å². The van der Waals surface area contributed by atoms with Gasteiger partial charge < -0.3 is 21.1 Å². The van der Waals surface area contributed by atoms with Crippen molar-refractivity contribution in [3.8, 4) is 11.5 Å². The second-order valence-electron chi connectivity index (χ2n) is 2.75. The third kappa shape index (κ3) is 1.75. The van der Waals surface area contributed by atoms with Crippen LogP contribution in [0.1, 0.15) is 11.6 Å². The van der Waals surface area contributed by atoms with Crippen LogP contribution in [-0.2, 0) is 0 Å². The molecule has 0 aromatic heterocycles. The highest BCUT2D eigenvalue weighted by Crippen LogP contribution is 2.39. The number of nitrogens with two attached hydrogens (primary N) is 1. The number of hydrogen-bond acceptors (Lipinski definition) is 4. The van der Waals surface area contributed by atoms with Crippen LogP contribution in [0.15, 0.2) is 6.07 Å². The van der Waals surface area contributed by atoms with Crippen molar-refractivity contribution in [3.05, 3.63) is 22.5 Å². The van der Waals surface area contributed by atoms with Gasteiger partial charge in [-0.2, -0.15) is 0 Å². The Balaban J connectivity index is 3.33. The fourth-order valence-electron chi connectivity index (χ4n) is 0.998. The van der Waals surface area contributed by atoms with Crippen LogP contribution in [0.5, 0.6) is 11.5 Å². The lowest BCUT2D eigenvalue weighted by Crippen LogP contribution is -2.15. The van der Waals surface area contributed by atoms with Crippen molar-refractivity contribution < 1.29 is 19.7 Å². The summed E-state index contributed by atoms with van der Waals surface area (Å²) in [4.78, 5) is 0. The van der Waals surface area contributed by atoms with Crippen LogP contribution < -0.4 is 5.73 Å². The summed E-state index contributed by atoms with van der Waals surface area (Å²) in [6, 6.07) is -0.111. The lowest BCUT2D eigenvalue weighted by molar-refractivity contribution is 0.264. The molecule has 0 fully saturated rings. The summed E-state index contributed by atoms with van der Waals surface area (Å²) in [6.45, 7) is -0.464. The molecule has 0 aliphatic rings. The zero-order chi connectivity index (χ0) is 10.9. The van der Waals surface area contributed by atoms with Crippen LogP contribution in [0.4, 0.5) is 4.39 Å². The number of hydrogen-bond donors (Lipinski definition) is 4. The highest BCUT2D eigenvalue weighted by molar-refractivity contribution is 6.33. The van der Waals surface area contributed by atoms with E-state index in [9.17, 15) is 9.50 Å². The van der Waals surface area contributed by atoms with E-state index in [-0.39, 0.29) is 5.56 Å². The maximum absolute atomic E-state index is 12.9. The molecule has 6 heteroatoms. The molecule has 0 amide bonds. The third-order valence-corrected chi connectivity index (χ3v) is 2.15. The monoisotopic (exact) mass is 221 g/mol. The van der Waals surface area contributed by atoms with Crippen LogP contribution in [0.25, 0.3) is 0 Å². The number of aliphatic hydroxyl groups is 1. The van der Waals surface area contributed by atoms with E-state index in [0.29, 0.717) is 0 Å². The van der Waals surface area contributed by atoms with Crippen molar-refractivity contribution in [2.45, 2.75) is 6.04 Å². The fraction of sp³-hybridized carbons (Fsp3) is 0.250. The molecule has 4 nitrogen and oxygen atoms in total. The predicted molar refractivity (Wildman–Crippen MR) is 48.8 cm³/mol. The Kier molecular flexibility index (Phi) is 3.15. The average Bonchev–Trinajstić information content (AvgIpc) is 2.19. The smallest absolute Gasteiger partial charge is 0.174 e. The molecule has 0 saturated heterocycles. The SMILES string of the molecule is NC(CO)c1cc(F)c(O)c(Cl)c1O. The van der Waals surface area contributed by atoms with Gasteiger partial charge in [-0.3, -0.25) is 0 Å². The van der Waals surface area contributed by atoms with E-state index in [1.54, 1.807) is 0 Å². The maximum Gasteiger partial charge on any atom is 0.174 e. The lowest BCUT2D eigenvalue weighted by atomic mass is 10.1. The Morgan fingerprint density at radius 2 is 2.00 bits per heavy atom. The molecule has 0 aliphatic carbocycles. The van der Waals surface area contributed by atoms with Crippen molar-refractivity contribution in [1.29, 1.82) is 0 Å². The van der Waals surface area contributed by atoms with Crippen molar-refractivity contribution in [1.82, 2.24) is 0 Å². The molecule has 0 heterocycles. The zero-order valence-corrected chi connectivity index (χ0v) is 7.79. The molecular weight excluding hydrogens is 213 g/mol. The van der Waals surface area contributed by atoms with Gasteiger partial charge in [-0.25, -0.2) is 4.39 Å². The summed E-state index contributed by atoms with van der Waals surface area (Å²) in [5.41, 5.74) is 5.32. The molecule has 0 radical (unpaired) electrons. The molecule has 5 N–H and O–H groups in total. The Bertz CT molecular complexity index is 359. The van der Waals surface area contributed by atoms with Gasteiger partial charge in [0.1, 0.15) is 10.8 Å². The summed E-state index contributed by atoms with van der Waals surface area (Å²) in [6.07, 6.45) is 0. The molecule has 1 rings (SSSR count). The molecule has 0 spiro atoms. The van der Waals surface area contributed by atoms with Crippen LogP contribution in [-0.4, -0.2) is 21.9 Å². The Hall–Kier alpha value is -1.04. The summed E-state index contributed by atoms with van der Waals surface area (Å²) < 4.78 is 12.9. The van der Waals surface area contributed by atoms with E-state index >= 15 is 0 Å². The number of halogens is 2. The van der Waals surface area contributed by atoms with Gasteiger partial charge in [0.2, 0.25) is 0 Å². The minimum atomic E-state index is -0.994. The van der Waals surface area contributed by atoms with E-state index in [1.165, 1.54) is 0 Å². The summed E-state index contributed by atoms with van der Waals surface area (Å²) in [5, 5.41) is 26.5. The van der Waals surface area contributed by atoms with E-state index < -0.39 is 35.0 Å². The quantitative estimate of drug-likeness (QED) is 0.597. The Morgan fingerprint density at radius 1 is 1.43 bits per heavy atom. The number of benzene rings is 1. The summed E-state index contributed by atoms with van der Waals surface area (Å²) in [5.74, 6) is -2.35. The predicted octanol–water partition coefficient (Wildman–Crippen LogP) is 0.882. The molecular formula is C8H9ClFNO3. The largest absolute Gasteiger partial charge is 0.506 e. The molecule has 0 aliphatic heterocycles. The number of aliphatic hydroxyl groups excluding tert-OH is 1. The maximum atomic E-state index is 12.9. The van der Waals surface area contributed by atoms with E-state index in [1.807, 2.05) is 0 Å². The Labute approximate surface area is 84.4 Å². The molecule has 14 heavy (non-hydrogen) atoms. The highest BCUT2D eigenvalue weighted by atomic mass is 35.5. The van der Waals surface area contributed by atoms with Gasteiger partial charge in [0, 0.05) is 5.56 Å². The van der Waals surface area contributed by atoms with Crippen LogP contribution in [0.3, 0.4) is 0 Å². The van der Waals surface area contributed by atoms with Crippen molar-refractivity contribution in [2.75, 3.05) is 6.61 Å². The van der Waals surface area contributed by atoms with Gasteiger partial charge in [-0.1, -0.05) is 11.6 Å². The standard InChI is InChI=1S/C8H9ClFNO3/c9-6-7(13)3(5(11)2-12)1-4(10)8(6)14/h1,5,12-14H,2,11H2. The van der Waals surface area contributed by atoms with Gasteiger partial charge in [0.25, 0.3) is 0 Å². The van der Waals surface area contributed by atoms with E-state index in [0.717, 1.165) is 6.07 Å². The number of rotatable bonds is 2. The molecule has 1 aromatic carbocycles. The summed E-state index contributed by atoms with van der Waals surface area (Å²) >= 11 is 5.41. The second kappa shape index (κ2) is 4.00. The van der Waals surface area contributed by atoms with Crippen molar-refractivity contribution >= 4 is 11.6 Å². The first-order valence-corrected chi connectivity index (χ1v) is 4.13.